The molecule has 0 aliphatic carbocycles. The van der Waals surface area contributed by atoms with Gasteiger partial charge < -0.3 is 10.5 Å². The summed E-state index contributed by atoms with van der Waals surface area (Å²) in [7, 11) is 0. The van der Waals surface area contributed by atoms with Crippen LogP contribution in [0.4, 0.5) is 13.2 Å². The molecule has 0 spiro atoms. The number of halogens is 5. The van der Waals surface area contributed by atoms with Crippen molar-refractivity contribution in [3.63, 3.8) is 0 Å². The van der Waals surface area contributed by atoms with Crippen LogP contribution < -0.4 is 10.5 Å². The molecule has 2 N–H and O–H groups in total. The Labute approximate surface area is 125 Å². The molecular formula is C12H16BrClF3NO. The monoisotopic (exact) mass is 361 g/mol. The zero-order valence-electron chi connectivity index (χ0n) is 10.3. The van der Waals surface area contributed by atoms with Gasteiger partial charge in [-0.15, -0.1) is 25.6 Å². The van der Waals surface area contributed by atoms with Crippen molar-refractivity contribution >= 4 is 28.3 Å². The van der Waals surface area contributed by atoms with E-state index in [2.05, 4.69) is 20.7 Å². The minimum absolute atomic E-state index is 0. The Morgan fingerprint density at radius 3 is 2.53 bits per heavy atom. The Balaban J connectivity index is 0.00000324. The highest BCUT2D eigenvalue weighted by Gasteiger charge is 2.32. The third-order valence-electron chi connectivity index (χ3n) is 2.47. The molecule has 1 rings (SSSR count). The van der Waals surface area contributed by atoms with Crippen LogP contribution >= 0.6 is 28.3 Å². The number of unbranched alkanes of at least 4 members (excludes halogenated alkanes) is 1. The summed E-state index contributed by atoms with van der Waals surface area (Å²) in [5.74, 6) is -0.227. The van der Waals surface area contributed by atoms with Crippen molar-refractivity contribution in [3.8, 4) is 5.75 Å². The zero-order chi connectivity index (χ0) is 13.8. The van der Waals surface area contributed by atoms with Crippen molar-refractivity contribution in [2.45, 2.75) is 38.6 Å². The van der Waals surface area contributed by atoms with Crippen molar-refractivity contribution in [2.75, 3.05) is 0 Å². The first kappa shape index (κ1) is 18.5. The van der Waals surface area contributed by atoms with Gasteiger partial charge in [0.15, 0.2) is 0 Å². The molecule has 110 valence electrons. The Kier molecular flexibility index (Phi) is 7.78. The number of alkyl halides is 3. The fourth-order valence-electron chi connectivity index (χ4n) is 1.61. The second-order valence-electron chi connectivity index (χ2n) is 3.98. The minimum atomic E-state index is -4.70. The molecule has 0 fully saturated rings. The van der Waals surface area contributed by atoms with Gasteiger partial charge in [-0.25, -0.2) is 0 Å². The average molecular weight is 363 g/mol. The molecule has 0 aromatic heterocycles. The van der Waals surface area contributed by atoms with Crippen LogP contribution in [-0.2, 0) is 0 Å². The van der Waals surface area contributed by atoms with Gasteiger partial charge in [0.05, 0.1) is 0 Å². The fourth-order valence-corrected chi connectivity index (χ4v) is 1.99. The summed E-state index contributed by atoms with van der Waals surface area (Å²) in [6.07, 6.45) is -2.27. The van der Waals surface area contributed by atoms with Gasteiger partial charge in [0.2, 0.25) is 0 Å². The van der Waals surface area contributed by atoms with Gasteiger partial charge >= 0.3 is 6.36 Å². The van der Waals surface area contributed by atoms with Crippen LogP contribution in [0, 0.1) is 0 Å². The van der Waals surface area contributed by atoms with E-state index in [0.29, 0.717) is 16.5 Å². The summed E-state index contributed by atoms with van der Waals surface area (Å²) in [6.45, 7) is 2.00. The van der Waals surface area contributed by atoms with E-state index in [0.717, 1.165) is 12.8 Å². The molecule has 0 saturated heterocycles. The van der Waals surface area contributed by atoms with E-state index in [1.54, 1.807) is 6.07 Å². The van der Waals surface area contributed by atoms with Gasteiger partial charge in [-0.05, 0) is 24.6 Å². The molecular weight excluding hydrogens is 346 g/mol. The molecule has 0 aliphatic rings. The highest BCUT2D eigenvalue weighted by Crippen LogP contribution is 2.33. The van der Waals surface area contributed by atoms with Crippen LogP contribution in [-0.4, -0.2) is 6.36 Å². The van der Waals surface area contributed by atoms with Gasteiger partial charge in [0.25, 0.3) is 0 Å². The highest BCUT2D eigenvalue weighted by molar-refractivity contribution is 9.10. The molecule has 2 nitrogen and oxygen atoms in total. The second kappa shape index (κ2) is 7.97. The summed E-state index contributed by atoms with van der Waals surface area (Å²) in [5, 5.41) is 0. The summed E-state index contributed by atoms with van der Waals surface area (Å²) in [5.41, 5.74) is 6.27. The number of hydrogen-bond acceptors (Lipinski definition) is 2. The van der Waals surface area contributed by atoms with E-state index in [1.807, 2.05) is 6.92 Å². The predicted octanol–water partition coefficient (Wildman–Crippen LogP) is 4.96. The van der Waals surface area contributed by atoms with Crippen LogP contribution in [0.1, 0.15) is 37.8 Å². The van der Waals surface area contributed by atoms with E-state index >= 15 is 0 Å². The van der Waals surface area contributed by atoms with Gasteiger partial charge in [0.1, 0.15) is 5.75 Å². The molecule has 0 radical (unpaired) electrons. The van der Waals surface area contributed by atoms with E-state index in [-0.39, 0.29) is 18.2 Å². The highest BCUT2D eigenvalue weighted by atomic mass is 79.9. The predicted molar refractivity (Wildman–Crippen MR) is 74.5 cm³/mol. The fraction of sp³-hybridized carbons (Fsp3) is 0.500. The number of hydrogen-bond donors (Lipinski definition) is 1. The molecule has 0 saturated carbocycles. The van der Waals surface area contributed by atoms with E-state index in [9.17, 15) is 13.2 Å². The lowest BCUT2D eigenvalue weighted by molar-refractivity contribution is -0.275. The Morgan fingerprint density at radius 1 is 1.37 bits per heavy atom. The third kappa shape index (κ3) is 6.49. The normalized spacial score (nSPS) is 12.7. The van der Waals surface area contributed by atoms with Gasteiger partial charge in [-0.2, -0.15) is 0 Å². The maximum absolute atomic E-state index is 12.3. The SMILES string of the molecule is CCCC[C@H](N)c1cc(Br)ccc1OC(F)(F)F.Cl. The molecule has 0 unspecified atom stereocenters. The number of ether oxygens (including phenoxy) is 1. The third-order valence-corrected chi connectivity index (χ3v) is 2.96. The van der Waals surface area contributed by atoms with Crippen LogP contribution in [0.3, 0.4) is 0 Å². The van der Waals surface area contributed by atoms with Gasteiger partial charge in [0, 0.05) is 16.1 Å². The van der Waals surface area contributed by atoms with E-state index in [1.165, 1.54) is 12.1 Å². The maximum atomic E-state index is 12.3. The van der Waals surface area contributed by atoms with Crippen molar-refractivity contribution in [1.82, 2.24) is 0 Å². The smallest absolute Gasteiger partial charge is 0.405 e. The first-order chi connectivity index (χ1) is 8.33. The zero-order valence-corrected chi connectivity index (χ0v) is 12.7. The topological polar surface area (TPSA) is 35.2 Å². The lowest BCUT2D eigenvalue weighted by atomic mass is 10.0. The summed E-state index contributed by atoms with van der Waals surface area (Å²) < 4.78 is 41.5. The molecule has 0 heterocycles. The largest absolute Gasteiger partial charge is 0.573 e. The molecule has 1 atom stereocenters. The summed E-state index contributed by atoms with van der Waals surface area (Å²) in [4.78, 5) is 0. The van der Waals surface area contributed by atoms with E-state index < -0.39 is 12.4 Å². The lowest BCUT2D eigenvalue weighted by Gasteiger charge is -2.18. The molecule has 1 aromatic rings. The molecule has 19 heavy (non-hydrogen) atoms. The Morgan fingerprint density at radius 2 is 2.00 bits per heavy atom. The summed E-state index contributed by atoms with van der Waals surface area (Å²) >= 11 is 3.22. The van der Waals surface area contributed by atoms with Crippen LogP contribution in [0.15, 0.2) is 22.7 Å². The molecule has 0 bridgehead atoms. The van der Waals surface area contributed by atoms with Crippen LogP contribution in [0.5, 0.6) is 5.75 Å². The molecule has 1 aromatic carbocycles. The van der Waals surface area contributed by atoms with Crippen LogP contribution in [0.25, 0.3) is 0 Å². The van der Waals surface area contributed by atoms with Crippen LogP contribution in [0.2, 0.25) is 0 Å². The summed E-state index contributed by atoms with van der Waals surface area (Å²) in [6, 6.07) is 3.89. The molecule has 0 amide bonds. The number of rotatable bonds is 5. The van der Waals surface area contributed by atoms with Gasteiger partial charge in [-0.3, -0.25) is 0 Å². The minimum Gasteiger partial charge on any atom is -0.405 e. The van der Waals surface area contributed by atoms with Crippen molar-refractivity contribution < 1.29 is 17.9 Å². The Hall–Kier alpha value is -0.460. The first-order valence-corrected chi connectivity index (χ1v) is 6.43. The first-order valence-electron chi connectivity index (χ1n) is 5.64. The van der Waals surface area contributed by atoms with Gasteiger partial charge in [-0.1, -0.05) is 35.7 Å². The number of benzene rings is 1. The molecule has 0 aliphatic heterocycles. The maximum Gasteiger partial charge on any atom is 0.573 e. The lowest BCUT2D eigenvalue weighted by Crippen LogP contribution is -2.20. The van der Waals surface area contributed by atoms with Crippen molar-refractivity contribution in [2.24, 2.45) is 5.73 Å². The quantitative estimate of drug-likeness (QED) is 0.803. The van der Waals surface area contributed by atoms with Crippen molar-refractivity contribution in [1.29, 1.82) is 0 Å². The van der Waals surface area contributed by atoms with E-state index in [4.69, 9.17) is 5.73 Å². The van der Waals surface area contributed by atoms with Crippen molar-refractivity contribution in [3.05, 3.63) is 28.2 Å². The second-order valence-corrected chi connectivity index (χ2v) is 4.89. The molecule has 7 heteroatoms. The average Bonchev–Trinajstić information content (AvgIpc) is 2.26. The Bertz CT molecular complexity index is 401. The number of nitrogens with two attached hydrogens (primary N) is 1. The standard InChI is InChI=1S/C12H15BrF3NO.ClH/c1-2-3-4-10(17)9-7-8(13)5-6-11(9)18-12(14,15)16;/h5-7,10H,2-4,17H2,1H3;1H/t10-;/m0./s1.